The topological polar surface area (TPSA) is 44.8 Å². The van der Waals surface area contributed by atoms with Crippen molar-refractivity contribution in [2.75, 3.05) is 19.8 Å². The lowest BCUT2D eigenvalue weighted by atomic mass is 9.85. The van der Waals surface area contributed by atoms with Gasteiger partial charge in [0.25, 0.3) is 0 Å². The molecule has 4 atom stereocenters. The Kier molecular flexibility index (Phi) is 8.15. The molecule has 0 saturated carbocycles. The molecule has 0 aliphatic carbocycles. The number of cyclic esters (lactones) is 1. The van der Waals surface area contributed by atoms with Crippen LogP contribution in [-0.4, -0.2) is 38.0 Å². The highest BCUT2D eigenvalue weighted by molar-refractivity contribution is 5.73. The molecule has 3 unspecified atom stereocenters. The van der Waals surface area contributed by atoms with Crippen molar-refractivity contribution >= 4 is 5.97 Å². The molecule has 1 heterocycles. The summed E-state index contributed by atoms with van der Waals surface area (Å²) in [6.45, 7) is 10.1. The largest absolute Gasteiger partial charge is 0.457 e. The molecule has 0 aromatic carbocycles. The van der Waals surface area contributed by atoms with Crippen LogP contribution in [0.25, 0.3) is 0 Å². The third-order valence-electron chi connectivity index (χ3n) is 4.05. The highest BCUT2D eigenvalue weighted by Gasteiger charge is 2.42. The van der Waals surface area contributed by atoms with Gasteiger partial charge in [-0.25, -0.2) is 0 Å². The number of hydrogen-bond donors (Lipinski definition) is 0. The predicted molar refractivity (Wildman–Crippen MR) is 78.6 cm³/mol. The van der Waals surface area contributed by atoms with Crippen LogP contribution in [0.5, 0.6) is 0 Å². The Morgan fingerprint density at radius 3 is 2.40 bits per heavy atom. The van der Waals surface area contributed by atoms with Gasteiger partial charge in [0.1, 0.15) is 6.10 Å². The van der Waals surface area contributed by atoms with Crippen molar-refractivity contribution in [3.63, 3.8) is 0 Å². The molecule has 0 N–H and O–H groups in total. The van der Waals surface area contributed by atoms with Gasteiger partial charge in [-0.1, -0.05) is 40.5 Å². The molecule has 0 spiro atoms. The van der Waals surface area contributed by atoms with Crippen LogP contribution in [0.15, 0.2) is 0 Å². The Morgan fingerprint density at radius 2 is 1.75 bits per heavy atom. The predicted octanol–water partition coefficient (Wildman–Crippen LogP) is 3.19. The molecular weight excluding hydrogens is 256 g/mol. The van der Waals surface area contributed by atoms with Crippen molar-refractivity contribution in [3.8, 4) is 0 Å². The molecule has 0 bridgehead atoms. The summed E-state index contributed by atoms with van der Waals surface area (Å²) >= 11 is 0. The van der Waals surface area contributed by atoms with Gasteiger partial charge in [-0.3, -0.25) is 4.79 Å². The van der Waals surface area contributed by atoms with Crippen molar-refractivity contribution in [1.82, 2.24) is 0 Å². The van der Waals surface area contributed by atoms with Crippen molar-refractivity contribution in [3.05, 3.63) is 0 Å². The average molecular weight is 286 g/mol. The molecule has 0 aromatic heterocycles. The van der Waals surface area contributed by atoms with Gasteiger partial charge in [0, 0.05) is 13.2 Å². The summed E-state index contributed by atoms with van der Waals surface area (Å²) in [6.07, 6.45) is 3.98. The minimum absolute atomic E-state index is 0.0455. The van der Waals surface area contributed by atoms with Crippen LogP contribution in [-0.2, 0) is 19.0 Å². The van der Waals surface area contributed by atoms with Crippen molar-refractivity contribution < 1.29 is 19.0 Å². The standard InChI is InChI=1S/C16H30O4/c1-5-7-9-18-11-14-15(19-10-8-6-2)12(3)13(4)16(17)20-14/h12-15H,5-11H2,1-4H3/t12?,13?,14?,15-/m0/s1. The molecule has 0 radical (unpaired) electrons. The summed E-state index contributed by atoms with van der Waals surface area (Å²) in [4.78, 5) is 11.8. The van der Waals surface area contributed by atoms with Gasteiger partial charge in [0.15, 0.2) is 6.10 Å². The Hall–Kier alpha value is -0.610. The van der Waals surface area contributed by atoms with Crippen molar-refractivity contribution in [2.45, 2.75) is 65.6 Å². The summed E-state index contributed by atoms with van der Waals surface area (Å²) in [5.41, 5.74) is 0. The molecule has 0 amide bonds. The van der Waals surface area contributed by atoms with Gasteiger partial charge in [-0.05, 0) is 18.8 Å². The monoisotopic (exact) mass is 286 g/mol. The van der Waals surface area contributed by atoms with E-state index in [0.717, 1.165) is 38.9 Å². The molecule has 1 fully saturated rings. The highest BCUT2D eigenvalue weighted by Crippen LogP contribution is 2.29. The summed E-state index contributed by atoms with van der Waals surface area (Å²) in [5.74, 6) is -0.0571. The Bertz CT molecular complexity index is 280. The number of carbonyl (C=O) groups excluding carboxylic acids is 1. The summed E-state index contributed by atoms with van der Waals surface area (Å²) < 4.78 is 17.1. The minimum atomic E-state index is -0.262. The van der Waals surface area contributed by atoms with Gasteiger partial charge >= 0.3 is 5.97 Å². The van der Waals surface area contributed by atoms with E-state index >= 15 is 0 Å². The summed E-state index contributed by atoms with van der Waals surface area (Å²) in [5, 5.41) is 0. The fourth-order valence-electron chi connectivity index (χ4n) is 2.36. The Labute approximate surface area is 123 Å². The fraction of sp³-hybridized carbons (Fsp3) is 0.938. The second kappa shape index (κ2) is 9.35. The molecule has 1 rings (SSSR count). The van der Waals surface area contributed by atoms with E-state index in [1.807, 2.05) is 6.92 Å². The molecule has 118 valence electrons. The fourth-order valence-corrected chi connectivity index (χ4v) is 2.36. The van der Waals surface area contributed by atoms with Crippen LogP contribution in [0, 0.1) is 11.8 Å². The quantitative estimate of drug-likeness (QED) is 0.482. The zero-order valence-corrected chi connectivity index (χ0v) is 13.4. The van der Waals surface area contributed by atoms with Crippen LogP contribution in [0.3, 0.4) is 0 Å². The van der Waals surface area contributed by atoms with Crippen molar-refractivity contribution in [1.29, 1.82) is 0 Å². The number of rotatable bonds is 9. The van der Waals surface area contributed by atoms with Crippen LogP contribution < -0.4 is 0 Å². The first-order chi connectivity index (χ1) is 9.61. The lowest BCUT2D eigenvalue weighted by molar-refractivity contribution is -0.193. The van der Waals surface area contributed by atoms with E-state index in [0.29, 0.717) is 6.61 Å². The second-order valence-corrected chi connectivity index (χ2v) is 5.74. The first-order valence-corrected chi connectivity index (χ1v) is 8.01. The molecule has 1 saturated heterocycles. The number of carbonyl (C=O) groups is 1. The van der Waals surface area contributed by atoms with E-state index in [9.17, 15) is 4.79 Å². The van der Waals surface area contributed by atoms with E-state index in [4.69, 9.17) is 14.2 Å². The first-order valence-electron chi connectivity index (χ1n) is 8.01. The lowest BCUT2D eigenvalue weighted by Crippen LogP contribution is -2.50. The van der Waals surface area contributed by atoms with Crippen molar-refractivity contribution in [2.24, 2.45) is 11.8 Å². The smallest absolute Gasteiger partial charge is 0.309 e. The van der Waals surface area contributed by atoms with Crippen LogP contribution >= 0.6 is 0 Å². The third-order valence-corrected chi connectivity index (χ3v) is 4.05. The Balaban J connectivity index is 2.52. The molecule has 4 heteroatoms. The SMILES string of the molecule is CCCCOCC1OC(=O)C(C)C(C)[C@@H]1OCCCC. The van der Waals surface area contributed by atoms with Gasteiger partial charge in [-0.15, -0.1) is 0 Å². The zero-order valence-electron chi connectivity index (χ0n) is 13.4. The molecule has 1 aliphatic rings. The van der Waals surface area contributed by atoms with E-state index in [1.54, 1.807) is 0 Å². The molecule has 1 aliphatic heterocycles. The van der Waals surface area contributed by atoms with Crippen LogP contribution in [0.2, 0.25) is 0 Å². The maximum atomic E-state index is 11.8. The first kappa shape index (κ1) is 17.4. The average Bonchev–Trinajstić information content (AvgIpc) is 2.44. The maximum Gasteiger partial charge on any atom is 0.309 e. The number of ether oxygens (including phenoxy) is 3. The minimum Gasteiger partial charge on any atom is -0.457 e. The molecule has 0 aromatic rings. The van der Waals surface area contributed by atoms with Crippen LogP contribution in [0.1, 0.15) is 53.4 Å². The summed E-state index contributed by atoms with van der Waals surface area (Å²) in [6, 6.07) is 0. The zero-order chi connectivity index (χ0) is 15.0. The van der Waals surface area contributed by atoms with E-state index in [2.05, 4.69) is 20.8 Å². The number of hydrogen-bond acceptors (Lipinski definition) is 4. The summed E-state index contributed by atoms with van der Waals surface area (Å²) in [7, 11) is 0. The van der Waals surface area contributed by atoms with E-state index < -0.39 is 0 Å². The normalized spacial score (nSPS) is 30.3. The Morgan fingerprint density at radius 1 is 1.10 bits per heavy atom. The number of unbranched alkanes of at least 4 members (excludes halogenated alkanes) is 2. The third kappa shape index (κ3) is 5.06. The van der Waals surface area contributed by atoms with Gasteiger partial charge in [-0.2, -0.15) is 0 Å². The molecular formula is C16H30O4. The highest BCUT2D eigenvalue weighted by atomic mass is 16.6. The van der Waals surface area contributed by atoms with E-state index in [1.165, 1.54) is 0 Å². The lowest BCUT2D eigenvalue weighted by Gasteiger charge is -2.38. The number of esters is 1. The van der Waals surface area contributed by atoms with Gasteiger partial charge in [0.05, 0.1) is 12.5 Å². The second-order valence-electron chi connectivity index (χ2n) is 5.74. The molecule has 4 nitrogen and oxygen atoms in total. The van der Waals surface area contributed by atoms with Gasteiger partial charge in [0.2, 0.25) is 0 Å². The van der Waals surface area contributed by atoms with Gasteiger partial charge < -0.3 is 14.2 Å². The van der Waals surface area contributed by atoms with E-state index in [-0.39, 0.29) is 30.0 Å². The van der Waals surface area contributed by atoms with Crippen LogP contribution in [0.4, 0.5) is 0 Å². The maximum absolute atomic E-state index is 11.8. The molecule has 20 heavy (non-hydrogen) atoms.